The van der Waals surface area contributed by atoms with E-state index >= 15 is 0 Å². The predicted octanol–water partition coefficient (Wildman–Crippen LogP) is 1.10. The molecule has 3 rings (SSSR count). The summed E-state index contributed by atoms with van der Waals surface area (Å²) in [4.78, 5) is 26.7. The van der Waals surface area contributed by atoms with Crippen LogP contribution in [0.4, 0.5) is 0 Å². The Morgan fingerprint density at radius 2 is 1.93 bits per heavy atom. The van der Waals surface area contributed by atoms with E-state index < -0.39 is 5.97 Å². The highest BCUT2D eigenvalue weighted by Gasteiger charge is 2.27. The van der Waals surface area contributed by atoms with Gasteiger partial charge in [0.2, 0.25) is 5.91 Å². The fourth-order valence-electron chi connectivity index (χ4n) is 4.40. The first-order valence-electron chi connectivity index (χ1n) is 10.2. The molecule has 7 nitrogen and oxygen atoms in total. The highest BCUT2D eigenvalue weighted by atomic mass is 16.5. The van der Waals surface area contributed by atoms with Gasteiger partial charge in [-0.1, -0.05) is 11.1 Å². The zero-order chi connectivity index (χ0) is 19.2. The van der Waals surface area contributed by atoms with Crippen LogP contribution in [-0.2, 0) is 14.3 Å². The minimum Gasteiger partial charge on any atom is -0.480 e. The molecule has 0 aromatic carbocycles. The summed E-state index contributed by atoms with van der Waals surface area (Å²) in [7, 11) is 2.20. The normalized spacial score (nSPS) is 25.3. The number of hydrogen-bond donors (Lipinski definition) is 2. The third-order valence-electron chi connectivity index (χ3n) is 6.08. The second-order valence-corrected chi connectivity index (χ2v) is 8.28. The number of ether oxygens (including phenoxy) is 1. The molecule has 0 aromatic heterocycles. The summed E-state index contributed by atoms with van der Waals surface area (Å²) in [5.74, 6) is -0.659. The van der Waals surface area contributed by atoms with Gasteiger partial charge in [0.05, 0.1) is 12.6 Å². The quantitative estimate of drug-likeness (QED) is 0.645. The maximum Gasteiger partial charge on any atom is 0.322 e. The second-order valence-electron chi connectivity index (χ2n) is 8.28. The molecule has 3 aliphatic rings. The molecule has 2 aliphatic heterocycles. The summed E-state index contributed by atoms with van der Waals surface area (Å²) in [6, 6.07) is 0. The second kappa shape index (κ2) is 9.66. The van der Waals surface area contributed by atoms with E-state index in [-0.39, 0.29) is 19.0 Å². The van der Waals surface area contributed by atoms with Crippen LogP contribution in [0.1, 0.15) is 38.5 Å². The average molecular weight is 380 g/mol. The number of nitrogens with zero attached hydrogens (tertiary/aromatic N) is 2. The lowest BCUT2D eigenvalue weighted by Gasteiger charge is -2.36. The molecule has 1 aliphatic carbocycles. The lowest BCUT2D eigenvalue weighted by Crippen LogP contribution is -2.43. The Morgan fingerprint density at radius 3 is 2.67 bits per heavy atom. The molecular formula is C20H33N3O4. The molecule has 0 aromatic rings. The Bertz CT molecular complexity index is 570. The Kier molecular flexibility index (Phi) is 7.26. The molecule has 1 atom stereocenters. The lowest BCUT2D eigenvalue weighted by atomic mass is 9.85. The summed E-state index contributed by atoms with van der Waals surface area (Å²) in [5, 5.41) is 11.0. The van der Waals surface area contributed by atoms with Gasteiger partial charge in [-0.25, -0.2) is 0 Å². The number of aliphatic carboxylic acids is 1. The highest BCUT2D eigenvalue weighted by molar-refractivity contribution is 5.82. The molecule has 2 heterocycles. The van der Waals surface area contributed by atoms with Crippen LogP contribution >= 0.6 is 0 Å². The molecule has 1 saturated heterocycles. The summed E-state index contributed by atoms with van der Waals surface area (Å²) >= 11 is 0. The molecule has 0 saturated carbocycles. The summed E-state index contributed by atoms with van der Waals surface area (Å²) in [6.45, 7) is 4.85. The third-order valence-corrected chi connectivity index (χ3v) is 6.08. The standard InChI is InChI=1S/C20H33N3O4/c1-22-7-6-16-2-3-18(10-17(16)12-22)27-14-15-4-8-23(9-5-15)13-19(24)21-11-20(25)26/h15,18H,2-14H2,1H3,(H,21,24)(H,25,26). The van der Waals surface area contributed by atoms with Gasteiger partial charge in [0.1, 0.15) is 6.54 Å². The van der Waals surface area contributed by atoms with Crippen LogP contribution in [0.3, 0.4) is 0 Å². The van der Waals surface area contributed by atoms with E-state index in [2.05, 4.69) is 22.2 Å². The van der Waals surface area contributed by atoms with Crippen molar-refractivity contribution in [3.05, 3.63) is 11.1 Å². The zero-order valence-electron chi connectivity index (χ0n) is 16.4. The van der Waals surface area contributed by atoms with E-state index in [4.69, 9.17) is 9.84 Å². The summed E-state index contributed by atoms with van der Waals surface area (Å²) in [5.41, 5.74) is 3.30. The largest absolute Gasteiger partial charge is 0.480 e. The number of rotatable bonds is 7. The number of carboxylic acids is 1. The van der Waals surface area contributed by atoms with E-state index in [1.54, 1.807) is 11.1 Å². The van der Waals surface area contributed by atoms with Crippen LogP contribution < -0.4 is 5.32 Å². The number of carbonyl (C=O) groups excluding carboxylic acids is 1. The Hall–Kier alpha value is -1.44. The molecule has 152 valence electrons. The average Bonchev–Trinajstić information content (AvgIpc) is 2.65. The van der Waals surface area contributed by atoms with E-state index in [1.807, 2.05) is 0 Å². The van der Waals surface area contributed by atoms with E-state index in [0.29, 0.717) is 12.0 Å². The number of likely N-dealkylation sites (tertiary alicyclic amines) is 1. The van der Waals surface area contributed by atoms with E-state index in [0.717, 1.165) is 51.9 Å². The Morgan fingerprint density at radius 1 is 1.15 bits per heavy atom. The van der Waals surface area contributed by atoms with Crippen molar-refractivity contribution in [2.24, 2.45) is 5.92 Å². The van der Waals surface area contributed by atoms with Crippen molar-refractivity contribution in [3.63, 3.8) is 0 Å². The highest BCUT2D eigenvalue weighted by Crippen LogP contribution is 2.32. The van der Waals surface area contributed by atoms with Crippen LogP contribution in [0.25, 0.3) is 0 Å². The molecule has 27 heavy (non-hydrogen) atoms. The van der Waals surface area contributed by atoms with Crippen LogP contribution in [0.2, 0.25) is 0 Å². The fraction of sp³-hybridized carbons (Fsp3) is 0.800. The van der Waals surface area contributed by atoms with Crippen molar-refractivity contribution in [2.75, 3.05) is 52.9 Å². The molecule has 0 bridgehead atoms. The number of likely N-dealkylation sites (N-methyl/N-ethyl adjacent to an activating group) is 1. The van der Waals surface area contributed by atoms with Crippen LogP contribution in [0.15, 0.2) is 11.1 Å². The van der Waals surface area contributed by atoms with Crippen LogP contribution in [0, 0.1) is 5.92 Å². The van der Waals surface area contributed by atoms with Crippen LogP contribution in [-0.4, -0.2) is 85.8 Å². The number of nitrogens with one attached hydrogen (secondary N) is 1. The number of piperidine rings is 1. The summed E-state index contributed by atoms with van der Waals surface area (Å²) < 4.78 is 6.27. The zero-order valence-corrected chi connectivity index (χ0v) is 16.4. The van der Waals surface area contributed by atoms with Gasteiger partial charge in [-0.2, -0.15) is 0 Å². The van der Waals surface area contributed by atoms with E-state index in [9.17, 15) is 9.59 Å². The molecular weight excluding hydrogens is 346 g/mol. The van der Waals surface area contributed by atoms with Gasteiger partial charge in [0.15, 0.2) is 0 Å². The van der Waals surface area contributed by atoms with E-state index in [1.165, 1.54) is 19.4 Å². The van der Waals surface area contributed by atoms with Crippen LogP contribution in [0.5, 0.6) is 0 Å². The smallest absolute Gasteiger partial charge is 0.322 e. The maximum absolute atomic E-state index is 11.7. The minimum absolute atomic E-state index is 0.212. The van der Waals surface area contributed by atoms with Gasteiger partial charge in [0, 0.05) is 19.7 Å². The SMILES string of the molecule is CN1CCC2=C(CC(OCC3CCN(CC(=O)NCC(=O)O)CC3)CC2)C1. The lowest BCUT2D eigenvalue weighted by molar-refractivity contribution is -0.138. The Labute approximate surface area is 161 Å². The maximum atomic E-state index is 11.7. The van der Waals surface area contributed by atoms with Gasteiger partial charge in [-0.05, 0) is 64.6 Å². The van der Waals surface area contributed by atoms with Gasteiger partial charge in [-0.15, -0.1) is 0 Å². The monoisotopic (exact) mass is 379 g/mol. The molecule has 0 spiro atoms. The number of carbonyl (C=O) groups is 2. The first-order chi connectivity index (χ1) is 13.0. The number of amides is 1. The van der Waals surface area contributed by atoms with Gasteiger partial charge < -0.3 is 20.1 Å². The van der Waals surface area contributed by atoms with Gasteiger partial charge >= 0.3 is 5.97 Å². The third kappa shape index (κ3) is 6.30. The minimum atomic E-state index is -1.01. The van der Waals surface area contributed by atoms with Gasteiger partial charge in [0.25, 0.3) is 0 Å². The summed E-state index contributed by atoms with van der Waals surface area (Å²) in [6.07, 6.45) is 7.14. The van der Waals surface area contributed by atoms with Crippen molar-refractivity contribution in [1.82, 2.24) is 15.1 Å². The molecule has 2 N–H and O–H groups in total. The molecule has 1 unspecified atom stereocenters. The molecule has 0 radical (unpaired) electrons. The molecule has 1 fully saturated rings. The van der Waals surface area contributed by atoms with Crippen molar-refractivity contribution in [2.45, 2.75) is 44.6 Å². The molecule has 7 heteroatoms. The van der Waals surface area contributed by atoms with Gasteiger partial charge in [-0.3, -0.25) is 14.5 Å². The fourth-order valence-corrected chi connectivity index (χ4v) is 4.40. The van der Waals surface area contributed by atoms with Crippen molar-refractivity contribution < 1.29 is 19.4 Å². The Balaban J connectivity index is 1.32. The number of carboxylic acid groups (broad SMARTS) is 1. The van der Waals surface area contributed by atoms with Crippen molar-refractivity contribution in [3.8, 4) is 0 Å². The molecule has 1 amide bonds. The number of hydrogen-bond acceptors (Lipinski definition) is 5. The van der Waals surface area contributed by atoms with Crippen molar-refractivity contribution in [1.29, 1.82) is 0 Å². The topological polar surface area (TPSA) is 82.1 Å². The van der Waals surface area contributed by atoms with Crippen molar-refractivity contribution >= 4 is 11.9 Å². The first-order valence-corrected chi connectivity index (χ1v) is 10.2. The first kappa shape index (κ1) is 20.3. The predicted molar refractivity (Wildman–Crippen MR) is 103 cm³/mol.